The van der Waals surface area contributed by atoms with E-state index in [2.05, 4.69) is 0 Å². The molecular formula is C6H5NNa2O3S2. The monoisotopic (exact) mass is 249 g/mol. The molecule has 0 heterocycles. The molecule has 0 bridgehead atoms. The molecule has 0 radical (unpaired) electrons. The fourth-order valence-corrected chi connectivity index (χ4v) is 1.23. The Kier molecular flexibility index (Phi) is 9.31. The summed E-state index contributed by atoms with van der Waals surface area (Å²) >= 11 is 4.76. The average Bonchev–Trinajstić information content (AvgIpc) is 1.91. The van der Waals surface area contributed by atoms with Crippen LogP contribution in [-0.2, 0) is 22.9 Å². The van der Waals surface area contributed by atoms with Crippen molar-refractivity contribution >= 4 is 28.6 Å². The van der Waals surface area contributed by atoms with Crippen LogP contribution in [0.4, 0.5) is 5.69 Å². The van der Waals surface area contributed by atoms with Crippen LogP contribution in [0.15, 0.2) is 29.2 Å². The van der Waals surface area contributed by atoms with Crippen molar-refractivity contribution in [2.24, 2.45) is 0 Å². The molecule has 4 nitrogen and oxygen atoms in total. The van der Waals surface area contributed by atoms with Crippen molar-refractivity contribution < 1.29 is 72.1 Å². The second-order valence-corrected chi connectivity index (χ2v) is 3.66. The molecule has 0 spiro atoms. The van der Waals surface area contributed by atoms with Crippen molar-refractivity contribution in [1.29, 1.82) is 0 Å². The molecule has 0 amide bonds. The van der Waals surface area contributed by atoms with Gasteiger partial charge in [0.2, 0.25) is 0 Å². The van der Waals surface area contributed by atoms with E-state index in [0.29, 0.717) is 4.90 Å². The Bertz CT molecular complexity index is 365. The van der Waals surface area contributed by atoms with Gasteiger partial charge in [0.05, 0.1) is 0 Å². The summed E-state index contributed by atoms with van der Waals surface area (Å²) in [6, 6.07) is 5.92. The van der Waals surface area contributed by atoms with E-state index >= 15 is 0 Å². The summed E-state index contributed by atoms with van der Waals surface area (Å²) in [7, 11) is -4.42. The van der Waals surface area contributed by atoms with E-state index in [1.165, 1.54) is 24.3 Å². The zero-order chi connectivity index (χ0) is 9.19. The summed E-state index contributed by atoms with van der Waals surface area (Å²) < 4.78 is 32.4. The molecule has 0 saturated carbocycles. The normalized spacial score (nSPS) is 9.50. The summed E-state index contributed by atoms with van der Waals surface area (Å²) in [6.45, 7) is 0. The second kappa shape index (κ2) is 7.43. The molecule has 8 heteroatoms. The molecule has 0 aliphatic heterocycles. The van der Waals surface area contributed by atoms with Gasteiger partial charge in [0.1, 0.15) is 0 Å². The molecule has 0 atom stereocenters. The maximum absolute atomic E-state index is 10.2. The van der Waals surface area contributed by atoms with Crippen LogP contribution in [0.1, 0.15) is 0 Å². The van der Waals surface area contributed by atoms with Crippen LogP contribution in [0.5, 0.6) is 0 Å². The van der Waals surface area contributed by atoms with Crippen LogP contribution in [0, 0.1) is 0 Å². The van der Waals surface area contributed by atoms with E-state index < -0.39 is 10.3 Å². The Balaban J connectivity index is 0. The van der Waals surface area contributed by atoms with Crippen molar-refractivity contribution in [3.8, 4) is 0 Å². The fraction of sp³-hybridized carbons (Fsp3) is 0. The molecule has 0 saturated heterocycles. The van der Waals surface area contributed by atoms with Gasteiger partial charge in [0, 0.05) is 5.69 Å². The van der Waals surface area contributed by atoms with Crippen molar-refractivity contribution in [3.05, 3.63) is 24.3 Å². The number of nitrogens with one attached hydrogen (secondary N) is 1. The Morgan fingerprint density at radius 1 is 1.14 bits per heavy atom. The molecule has 0 aliphatic carbocycles. The van der Waals surface area contributed by atoms with Gasteiger partial charge in [-0.2, -0.15) is 4.90 Å². The fourth-order valence-electron chi connectivity index (χ4n) is 0.667. The zero-order valence-corrected chi connectivity index (χ0v) is 13.5. The third kappa shape index (κ3) is 7.44. The van der Waals surface area contributed by atoms with Gasteiger partial charge >= 0.3 is 59.1 Å². The van der Waals surface area contributed by atoms with Crippen molar-refractivity contribution in [1.82, 2.24) is 0 Å². The Hall–Kier alpha value is 1.15. The minimum Gasteiger partial charge on any atom is -0.780 e. The van der Waals surface area contributed by atoms with Crippen LogP contribution in [0.25, 0.3) is 0 Å². The first kappa shape index (κ1) is 17.5. The Morgan fingerprint density at radius 3 is 1.93 bits per heavy atom. The van der Waals surface area contributed by atoms with Crippen LogP contribution in [-0.4, -0.2) is 13.0 Å². The molecule has 1 aromatic rings. The summed E-state index contributed by atoms with van der Waals surface area (Å²) in [4.78, 5) is 0.587. The van der Waals surface area contributed by atoms with Gasteiger partial charge < -0.3 is 17.2 Å². The molecule has 1 aromatic carbocycles. The quantitative estimate of drug-likeness (QED) is 0.322. The van der Waals surface area contributed by atoms with E-state index in [0.717, 1.165) is 0 Å². The van der Waals surface area contributed by atoms with E-state index in [1.807, 2.05) is 0 Å². The Labute approximate surface area is 133 Å². The van der Waals surface area contributed by atoms with E-state index in [-0.39, 0.29) is 64.8 Å². The molecule has 66 valence electrons. The molecule has 0 aromatic heterocycles. The molecule has 1 N–H and O–H groups in total. The standard InChI is InChI=1S/C6H7NO3S2.2Na/c8-12(9,10)7-5-1-3-6(11)4-2-5;;/h1-4,7,11H,(H,8,9,10);;/q;2*+1/p-2. The van der Waals surface area contributed by atoms with Gasteiger partial charge in [0.25, 0.3) is 0 Å². The van der Waals surface area contributed by atoms with Crippen LogP contribution >= 0.6 is 0 Å². The van der Waals surface area contributed by atoms with Gasteiger partial charge in [-0.3, -0.25) is 4.72 Å². The van der Waals surface area contributed by atoms with Gasteiger partial charge in [-0.25, -0.2) is 8.42 Å². The minimum atomic E-state index is -4.42. The van der Waals surface area contributed by atoms with Crippen LogP contribution in [0.2, 0.25) is 0 Å². The summed E-state index contributed by atoms with van der Waals surface area (Å²) in [5.41, 5.74) is 0.221. The van der Waals surface area contributed by atoms with Gasteiger partial charge in [0.15, 0.2) is 10.3 Å². The zero-order valence-electron chi connectivity index (χ0n) is 7.85. The van der Waals surface area contributed by atoms with E-state index in [4.69, 9.17) is 12.6 Å². The van der Waals surface area contributed by atoms with Crippen LogP contribution in [0.3, 0.4) is 0 Å². The first-order chi connectivity index (χ1) is 5.47. The largest absolute Gasteiger partial charge is 1.00 e. The van der Waals surface area contributed by atoms with Gasteiger partial charge in [-0.05, 0) is 12.1 Å². The molecular weight excluding hydrogens is 244 g/mol. The van der Waals surface area contributed by atoms with Gasteiger partial charge in [-0.1, -0.05) is 12.1 Å². The minimum absolute atomic E-state index is 0. The van der Waals surface area contributed by atoms with Crippen molar-refractivity contribution in [2.45, 2.75) is 4.90 Å². The second-order valence-electron chi connectivity index (χ2n) is 2.08. The average molecular weight is 249 g/mol. The Morgan fingerprint density at radius 2 is 1.57 bits per heavy atom. The maximum atomic E-state index is 10.2. The molecule has 14 heavy (non-hydrogen) atoms. The number of benzene rings is 1. The van der Waals surface area contributed by atoms with Crippen LogP contribution < -0.4 is 63.8 Å². The smallest absolute Gasteiger partial charge is 0.780 e. The summed E-state index contributed by atoms with van der Waals surface area (Å²) in [5, 5.41) is 0. The van der Waals surface area contributed by atoms with E-state index in [9.17, 15) is 13.0 Å². The first-order valence-electron chi connectivity index (χ1n) is 2.98. The van der Waals surface area contributed by atoms with Gasteiger partial charge in [-0.15, -0.1) is 0 Å². The van der Waals surface area contributed by atoms with Crippen molar-refractivity contribution in [2.75, 3.05) is 4.72 Å². The summed E-state index contributed by atoms with van der Waals surface area (Å²) in [6.07, 6.45) is 0. The molecule has 0 aliphatic rings. The first-order valence-corrected chi connectivity index (χ1v) is 4.80. The third-order valence-corrected chi connectivity index (χ3v) is 1.86. The molecule has 0 unspecified atom stereocenters. The number of rotatable bonds is 2. The van der Waals surface area contributed by atoms with E-state index in [1.54, 1.807) is 4.72 Å². The number of hydrogen-bond donors (Lipinski definition) is 1. The molecule has 1 rings (SSSR count). The number of hydrogen-bond acceptors (Lipinski definition) is 4. The number of anilines is 1. The predicted octanol–water partition coefficient (Wildman–Crippen LogP) is -5.53. The maximum Gasteiger partial charge on any atom is 1.00 e. The SMILES string of the molecule is O=S(=O)([O-])Nc1ccc([S-])cc1.[Na+].[Na+]. The summed E-state index contributed by atoms with van der Waals surface area (Å²) in [5.74, 6) is 0. The third-order valence-electron chi connectivity index (χ3n) is 1.10. The predicted molar refractivity (Wildman–Crippen MR) is 45.4 cm³/mol. The topological polar surface area (TPSA) is 69.2 Å². The molecule has 0 fully saturated rings. The van der Waals surface area contributed by atoms with Crippen molar-refractivity contribution in [3.63, 3.8) is 0 Å².